The molecule has 0 spiro atoms. The summed E-state index contributed by atoms with van der Waals surface area (Å²) in [6.45, 7) is 4.60. The van der Waals surface area contributed by atoms with E-state index in [1.54, 1.807) is 8.52 Å². The number of hydrogen-bond donors (Lipinski definition) is 0. The Labute approximate surface area is 316 Å². The molecule has 0 aliphatic carbocycles. The average Bonchev–Trinajstić information content (AvgIpc) is 3.94. The van der Waals surface area contributed by atoms with E-state index in [9.17, 15) is 0 Å². The maximum atomic E-state index is 2.52. The summed E-state index contributed by atoms with van der Waals surface area (Å²) in [4.78, 5) is 5.77. The molecule has 2 aromatic carbocycles. The molecule has 5 heterocycles. The second-order valence-electron chi connectivity index (χ2n) is 14.2. The van der Waals surface area contributed by atoms with Gasteiger partial charge in [-0.05, 0) is 0 Å². The van der Waals surface area contributed by atoms with Crippen molar-refractivity contribution in [3.05, 3.63) is 70.4 Å². The quantitative estimate of drug-likeness (QED) is 0.0533. The number of thiophene rings is 4. The van der Waals surface area contributed by atoms with Gasteiger partial charge in [-0.15, -0.1) is 0 Å². The van der Waals surface area contributed by atoms with Crippen molar-refractivity contribution in [2.24, 2.45) is 0 Å². The number of rotatable bonds is 20. The van der Waals surface area contributed by atoms with Gasteiger partial charge in [0, 0.05) is 0 Å². The van der Waals surface area contributed by atoms with Crippen LogP contribution in [0.4, 0.5) is 0 Å². The van der Waals surface area contributed by atoms with E-state index in [2.05, 4.69) is 73.1 Å². The summed E-state index contributed by atoms with van der Waals surface area (Å²) in [6, 6.07) is 19.9. The molecule has 258 valence electrons. The van der Waals surface area contributed by atoms with Crippen molar-refractivity contribution in [1.82, 2.24) is 0 Å². The predicted molar refractivity (Wildman–Crippen MR) is 228 cm³/mol. The van der Waals surface area contributed by atoms with Gasteiger partial charge >= 0.3 is 241 Å². The van der Waals surface area contributed by atoms with Gasteiger partial charge in [0.2, 0.25) is 0 Å². The molecule has 7 aromatic rings. The third kappa shape index (κ3) is 9.02. The molecule has 0 fully saturated rings. The molecular formula is C44H52S4Se. The summed E-state index contributed by atoms with van der Waals surface area (Å²) >= 11 is 8.23. The zero-order valence-corrected chi connectivity index (χ0v) is 34.5. The standard InChI is InChI=1S/C44H52S4Se/c1-3-5-7-9-11-13-15-17-19-31-21-39(45-29-31)41-25-33-23-35-36-24-34-26-42(48-38(34)28-44(36)49-43(35)27-37(33)47-41)40-22-32(30-46-40)20-18-16-14-12-10-8-6-4-2/h21-30H,3-20H2,1-2H3. The predicted octanol–water partition coefficient (Wildman–Crippen LogP) is 16.3. The molecule has 0 saturated carbocycles. The van der Waals surface area contributed by atoms with Crippen LogP contribution < -0.4 is 0 Å². The van der Waals surface area contributed by atoms with Crippen molar-refractivity contribution in [3.63, 3.8) is 0 Å². The zero-order valence-electron chi connectivity index (χ0n) is 29.5. The van der Waals surface area contributed by atoms with Crippen LogP contribution in [-0.4, -0.2) is 14.5 Å². The summed E-state index contributed by atoms with van der Waals surface area (Å²) in [7, 11) is 0. The second-order valence-corrected chi connectivity index (χ2v) is 20.4. The number of hydrogen-bond acceptors (Lipinski definition) is 4. The summed E-state index contributed by atoms with van der Waals surface area (Å²) in [5.41, 5.74) is 3.06. The van der Waals surface area contributed by atoms with Crippen molar-refractivity contribution < 1.29 is 0 Å². The molecule has 7 rings (SSSR count). The summed E-state index contributed by atoms with van der Waals surface area (Å²) in [6.07, 6.45) is 24.7. The van der Waals surface area contributed by atoms with Crippen molar-refractivity contribution >= 4 is 99.3 Å². The van der Waals surface area contributed by atoms with Gasteiger partial charge in [0.1, 0.15) is 0 Å². The van der Waals surface area contributed by atoms with E-state index in [4.69, 9.17) is 0 Å². The SMILES string of the molecule is CCCCCCCCCCc1csc(-c2cc3cc4c(cc3s2)[se]c2cc3sc(-c5cc(CCCCCCCCCC)cs5)cc3cc24)c1. The molecule has 0 saturated heterocycles. The molecule has 0 nitrogen and oxygen atoms in total. The third-order valence-corrected chi connectivity index (χ3v) is 17.1. The fourth-order valence-electron chi connectivity index (χ4n) is 7.29. The van der Waals surface area contributed by atoms with Crippen LogP contribution in [0.25, 0.3) is 59.0 Å². The normalized spacial score (nSPS) is 12.1. The number of unbranched alkanes of at least 4 members (excludes halogenated alkanes) is 14. The Bertz CT molecular complexity index is 1930. The van der Waals surface area contributed by atoms with Crippen LogP contribution >= 0.6 is 45.3 Å². The van der Waals surface area contributed by atoms with Gasteiger partial charge in [-0.2, -0.15) is 0 Å². The van der Waals surface area contributed by atoms with Crippen molar-refractivity contribution in [1.29, 1.82) is 0 Å². The average molecular weight is 788 g/mol. The van der Waals surface area contributed by atoms with Crippen LogP contribution in [0.3, 0.4) is 0 Å². The molecule has 0 aliphatic heterocycles. The Morgan fingerprint density at radius 1 is 0.429 bits per heavy atom. The van der Waals surface area contributed by atoms with Gasteiger partial charge in [-0.25, -0.2) is 0 Å². The molecule has 5 heteroatoms. The molecule has 49 heavy (non-hydrogen) atoms. The van der Waals surface area contributed by atoms with Gasteiger partial charge in [0.05, 0.1) is 0 Å². The van der Waals surface area contributed by atoms with Crippen LogP contribution in [0.15, 0.2) is 59.3 Å². The van der Waals surface area contributed by atoms with Crippen molar-refractivity contribution in [3.8, 4) is 19.5 Å². The molecule has 5 aromatic heterocycles. The Kier molecular flexibility index (Phi) is 12.9. The van der Waals surface area contributed by atoms with Crippen molar-refractivity contribution in [2.75, 3.05) is 0 Å². The molecule has 0 bridgehead atoms. The fourth-order valence-corrected chi connectivity index (χ4v) is 14.3. The maximum absolute atomic E-state index is 2.52. The van der Waals surface area contributed by atoms with Gasteiger partial charge in [-0.3, -0.25) is 0 Å². The van der Waals surface area contributed by atoms with E-state index in [-0.39, 0.29) is 0 Å². The topological polar surface area (TPSA) is 0 Å². The first kappa shape index (κ1) is 35.7. The summed E-state index contributed by atoms with van der Waals surface area (Å²) in [5, 5.41) is 10.6. The molecule has 0 N–H and O–H groups in total. The second kappa shape index (κ2) is 17.7. The first-order valence-corrected chi connectivity index (χ1v) is 24.3. The minimum atomic E-state index is 0.375. The third-order valence-electron chi connectivity index (χ3n) is 10.2. The minimum absolute atomic E-state index is 0.375. The summed E-state index contributed by atoms with van der Waals surface area (Å²) in [5.74, 6) is 0. The van der Waals surface area contributed by atoms with Crippen LogP contribution in [0.2, 0.25) is 0 Å². The van der Waals surface area contributed by atoms with E-state index < -0.39 is 0 Å². The number of aryl methyl sites for hydroxylation is 2. The Morgan fingerprint density at radius 3 is 1.27 bits per heavy atom. The molecule has 0 unspecified atom stereocenters. The number of fused-ring (bicyclic) bond motifs is 5. The first-order valence-electron chi connectivity index (χ1n) is 19.2. The Hall–Kier alpha value is -1.72. The van der Waals surface area contributed by atoms with Gasteiger partial charge in [-0.1, -0.05) is 78.1 Å². The molecule has 0 amide bonds. The fraction of sp³-hybridized carbons (Fsp3) is 0.455. The van der Waals surface area contributed by atoms with E-state index in [1.165, 1.54) is 177 Å². The number of benzene rings is 2. The van der Waals surface area contributed by atoms with E-state index >= 15 is 0 Å². The summed E-state index contributed by atoms with van der Waals surface area (Å²) < 4.78 is 6.02. The monoisotopic (exact) mass is 788 g/mol. The molecule has 0 radical (unpaired) electrons. The molecule has 0 atom stereocenters. The first-order chi connectivity index (χ1) is 24.2. The van der Waals surface area contributed by atoms with E-state index in [0.29, 0.717) is 14.5 Å². The van der Waals surface area contributed by atoms with Crippen LogP contribution in [0.1, 0.15) is 128 Å². The van der Waals surface area contributed by atoms with Crippen LogP contribution in [0, 0.1) is 0 Å². The van der Waals surface area contributed by atoms with Crippen LogP contribution in [0.5, 0.6) is 0 Å². The van der Waals surface area contributed by atoms with Gasteiger partial charge in [0.15, 0.2) is 0 Å². The van der Waals surface area contributed by atoms with Gasteiger partial charge in [0.25, 0.3) is 0 Å². The van der Waals surface area contributed by atoms with E-state index in [1.807, 2.05) is 45.3 Å². The van der Waals surface area contributed by atoms with E-state index in [0.717, 1.165) is 0 Å². The zero-order chi connectivity index (χ0) is 33.4. The Balaban J connectivity index is 0.995. The molecular weight excluding hydrogens is 736 g/mol. The van der Waals surface area contributed by atoms with Crippen molar-refractivity contribution in [2.45, 2.75) is 129 Å². The van der Waals surface area contributed by atoms with Crippen LogP contribution in [-0.2, 0) is 12.8 Å². The van der Waals surface area contributed by atoms with Gasteiger partial charge < -0.3 is 0 Å². The Morgan fingerprint density at radius 2 is 0.837 bits per heavy atom. The molecule has 0 aliphatic rings.